The van der Waals surface area contributed by atoms with Gasteiger partial charge < -0.3 is 5.21 Å². The Morgan fingerprint density at radius 1 is 1.18 bits per heavy atom. The molecule has 0 amide bonds. The fourth-order valence-electron chi connectivity index (χ4n) is 1.70. The maximum Gasteiger partial charge on any atom is 0.195 e. The molecule has 0 aliphatic heterocycles. The van der Waals surface area contributed by atoms with E-state index in [0.717, 1.165) is 4.73 Å². The summed E-state index contributed by atoms with van der Waals surface area (Å²) in [5.74, 6) is -0.119. The number of halogens is 1. The van der Waals surface area contributed by atoms with Gasteiger partial charge in [0.25, 0.3) is 0 Å². The third-order valence-corrected chi connectivity index (χ3v) is 2.49. The molecule has 84 valence electrons. The summed E-state index contributed by atoms with van der Waals surface area (Å²) in [5, 5.41) is 9.91. The fraction of sp³-hybridized carbons (Fsp3) is 0. The van der Waals surface area contributed by atoms with Gasteiger partial charge in [-0.2, -0.15) is 4.73 Å². The van der Waals surface area contributed by atoms with Crippen LogP contribution in [0.4, 0.5) is 4.39 Å². The predicted molar refractivity (Wildman–Crippen MR) is 60.1 cm³/mol. The fourth-order valence-corrected chi connectivity index (χ4v) is 1.70. The zero-order chi connectivity index (χ0) is 11.8. The largest absolute Gasteiger partial charge is 0.426 e. The van der Waals surface area contributed by atoms with Gasteiger partial charge in [0.15, 0.2) is 5.82 Å². The van der Waals surface area contributed by atoms with Gasteiger partial charge in [-0.05, 0) is 24.3 Å². The number of hydrogen-bond donors (Lipinski definition) is 1. The normalized spacial score (nSPS) is 10.9. The van der Waals surface area contributed by atoms with Crippen LogP contribution in [0.15, 0.2) is 42.6 Å². The molecule has 0 bridgehead atoms. The van der Waals surface area contributed by atoms with Gasteiger partial charge in [-0.3, -0.25) is 4.98 Å². The molecule has 0 spiro atoms. The van der Waals surface area contributed by atoms with Gasteiger partial charge in [0.05, 0.1) is 5.52 Å². The summed E-state index contributed by atoms with van der Waals surface area (Å²) in [4.78, 5) is 8.30. The van der Waals surface area contributed by atoms with Crippen LogP contribution in [0.25, 0.3) is 22.6 Å². The number of fused-ring (bicyclic) bond motifs is 1. The number of nitrogens with zero attached hydrogens (tertiary/aromatic N) is 3. The number of pyridine rings is 1. The molecule has 0 atom stereocenters. The van der Waals surface area contributed by atoms with E-state index in [0.29, 0.717) is 22.6 Å². The van der Waals surface area contributed by atoms with Crippen LogP contribution < -0.4 is 0 Å². The lowest BCUT2D eigenvalue weighted by Gasteiger charge is -1.99. The van der Waals surface area contributed by atoms with Crippen molar-refractivity contribution >= 4 is 11.0 Å². The minimum absolute atomic E-state index is 0.297. The van der Waals surface area contributed by atoms with Crippen LogP contribution in [0.3, 0.4) is 0 Å². The van der Waals surface area contributed by atoms with E-state index in [2.05, 4.69) is 9.97 Å². The molecule has 3 aromatic rings. The third-order valence-electron chi connectivity index (χ3n) is 2.49. The van der Waals surface area contributed by atoms with Crippen molar-refractivity contribution in [1.82, 2.24) is 14.7 Å². The van der Waals surface area contributed by atoms with Crippen LogP contribution in [-0.2, 0) is 0 Å². The third kappa shape index (κ3) is 1.52. The van der Waals surface area contributed by atoms with Gasteiger partial charge in [0.1, 0.15) is 17.0 Å². The molecule has 0 aliphatic rings. The molecule has 0 aliphatic carbocycles. The molecule has 3 rings (SSSR count). The number of aromatic nitrogens is 3. The quantitative estimate of drug-likeness (QED) is 0.652. The van der Waals surface area contributed by atoms with Crippen molar-refractivity contribution in [3.8, 4) is 11.5 Å². The Hall–Kier alpha value is -2.43. The van der Waals surface area contributed by atoms with Crippen molar-refractivity contribution in [2.24, 2.45) is 0 Å². The van der Waals surface area contributed by atoms with E-state index in [4.69, 9.17) is 0 Å². The lowest BCUT2D eigenvalue weighted by atomic mass is 10.3. The smallest absolute Gasteiger partial charge is 0.195 e. The molecule has 0 fully saturated rings. The Labute approximate surface area is 95.9 Å². The van der Waals surface area contributed by atoms with Gasteiger partial charge in [-0.25, -0.2) is 9.37 Å². The van der Waals surface area contributed by atoms with Gasteiger partial charge >= 0.3 is 0 Å². The lowest BCUT2D eigenvalue weighted by Crippen LogP contribution is -1.95. The number of benzene rings is 1. The van der Waals surface area contributed by atoms with E-state index < -0.39 is 5.82 Å². The SMILES string of the molecule is On1c(-c2ccccn2)nc2ccc(F)cc21. The van der Waals surface area contributed by atoms with E-state index >= 15 is 0 Å². The predicted octanol–water partition coefficient (Wildman–Crippen LogP) is 2.47. The van der Waals surface area contributed by atoms with Crippen LogP contribution in [0.2, 0.25) is 0 Å². The molecular formula is C12H8FN3O. The second kappa shape index (κ2) is 3.55. The van der Waals surface area contributed by atoms with Gasteiger partial charge in [-0.15, -0.1) is 0 Å². The van der Waals surface area contributed by atoms with E-state index in [-0.39, 0.29) is 0 Å². The molecule has 4 nitrogen and oxygen atoms in total. The molecule has 0 saturated carbocycles. The first-order valence-electron chi connectivity index (χ1n) is 5.04. The Morgan fingerprint density at radius 3 is 2.82 bits per heavy atom. The molecule has 2 heterocycles. The van der Waals surface area contributed by atoms with Crippen molar-refractivity contribution in [1.29, 1.82) is 0 Å². The summed E-state index contributed by atoms with van der Waals surface area (Å²) in [7, 11) is 0. The second-order valence-electron chi connectivity index (χ2n) is 3.60. The molecule has 0 saturated heterocycles. The molecule has 17 heavy (non-hydrogen) atoms. The first kappa shape index (κ1) is 9.77. The summed E-state index contributed by atoms with van der Waals surface area (Å²) in [6.07, 6.45) is 1.61. The number of rotatable bonds is 1. The second-order valence-corrected chi connectivity index (χ2v) is 3.60. The summed E-state index contributed by atoms with van der Waals surface area (Å²) in [5.41, 5.74) is 1.38. The Bertz CT molecular complexity index is 679. The van der Waals surface area contributed by atoms with Gasteiger partial charge in [0, 0.05) is 12.3 Å². The molecule has 2 aromatic heterocycles. The first-order chi connectivity index (χ1) is 8.25. The van der Waals surface area contributed by atoms with E-state index in [1.807, 2.05) is 0 Å². The Kier molecular flexibility index (Phi) is 2.04. The van der Waals surface area contributed by atoms with Crippen LogP contribution in [0.1, 0.15) is 0 Å². The highest BCUT2D eigenvalue weighted by atomic mass is 19.1. The standard InChI is InChI=1S/C12H8FN3O/c13-8-4-5-9-11(7-8)16(17)12(15-9)10-3-1-2-6-14-10/h1-7,17H. The number of hydrogen-bond acceptors (Lipinski definition) is 3. The first-order valence-corrected chi connectivity index (χ1v) is 5.04. The lowest BCUT2D eigenvalue weighted by molar-refractivity contribution is 0.202. The van der Waals surface area contributed by atoms with Crippen molar-refractivity contribution in [2.75, 3.05) is 0 Å². The Balaban J connectivity index is 2.28. The van der Waals surface area contributed by atoms with Crippen molar-refractivity contribution in [2.45, 2.75) is 0 Å². The maximum atomic E-state index is 13.1. The highest BCUT2D eigenvalue weighted by molar-refractivity contribution is 5.79. The van der Waals surface area contributed by atoms with Crippen molar-refractivity contribution in [3.05, 3.63) is 48.4 Å². The molecule has 1 N–H and O–H groups in total. The van der Waals surface area contributed by atoms with E-state index in [1.165, 1.54) is 18.2 Å². The highest BCUT2D eigenvalue weighted by Gasteiger charge is 2.12. The molecule has 1 aromatic carbocycles. The van der Waals surface area contributed by atoms with Crippen LogP contribution >= 0.6 is 0 Å². The van der Waals surface area contributed by atoms with Crippen molar-refractivity contribution < 1.29 is 9.60 Å². The summed E-state index contributed by atoms with van der Waals surface area (Å²) >= 11 is 0. The van der Waals surface area contributed by atoms with E-state index in [1.54, 1.807) is 24.4 Å². The summed E-state index contributed by atoms with van der Waals surface area (Å²) in [6, 6.07) is 9.34. The minimum Gasteiger partial charge on any atom is -0.426 e. The molecule has 0 unspecified atom stereocenters. The zero-order valence-electron chi connectivity index (χ0n) is 8.71. The average Bonchev–Trinajstić information content (AvgIpc) is 2.68. The summed E-state index contributed by atoms with van der Waals surface area (Å²) < 4.78 is 13.9. The van der Waals surface area contributed by atoms with Crippen LogP contribution in [-0.4, -0.2) is 19.9 Å². The molecule has 0 radical (unpaired) electrons. The van der Waals surface area contributed by atoms with E-state index in [9.17, 15) is 9.60 Å². The molecule has 5 heteroatoms. The summed E-state index contributed by atoms with van der Waals surface area (Å²) in [6.45, 7) is 0. The Morgan fingerprint density at radius 2 is 2.06 bits per heavy atom. The van der Waals surface area contributed by atoms with Gasteiger partial charge in [-0.1, -0.05) is 6.07 Å². The number of imidazole rings is 1. The molecular weight excluding hydrogens is 221 g/mol. The maximum absolute atomic E-state index is 13.1. The van der Waals surface area contributed by atoms with Crippen molar-refractivity contribution in [3.63, 3.8) is 0 Å². The average molecular weight is 229 g/mol. The highest BCUT2D eigenvalue weighted by Crippen LogP contribution is 2.22. The minimum atomic E-state index is -0.416. The topological polar surface area (TPSA) is 50.9 Å². The van der Waals surface area contributed by atoms with Gasteiger partial charge in [0.2, 0.25) is 0 Å². The monoisotopic (exact) mass is 229 g/mol. The van der Waals surface area contributed by atoms with Crippen LogP contribution in [0, 0.1) is 5.82 Å². The van der Waals surface area contributed by atoms with Crippen LogP contribution in [0.5, 0.6) is 0 Å². The zero-order valence-corrected chi connectivity index (χ0v) is 8.71.